The second kappa shape index (κ2) is 6.39. The van der Waals surface area contributed by atoms with Crippen LogP contribution in [0.5, 0.6) is 0 Å². The van der Waals surface area contributed by atoms with E-state index >= 15 is 0 Å². The molecule has 2 aromatic rings. The molecule has 0 saturated heterocycles. The molecule has 8 heteroatoms. The molecule has 0 spiro atoms. The highest BCUT2D eigenvalue weighted by molar-refractivity contribution is 9.06. The third-order valence-electron chi connectivity index (χ3n) is 1.64. The van der Waals surface area contributed by atoms with Crippen LogP contribution in [-0.2, 0) is 12.3 Å². The minimum Gasteiger partial charge on any atom is -0.361 e. The standard InChI is InChI=1S/C8H7N.BrClHO4P/c1-2-4-8-7(3-1)5-6-9-8;1-5-7(3,4)6-2/h1-6,9H;(H,3,4). The normalized spacial score (nSPS) is 13.9. The number of benzene rings is 1. The summed E-state index contributed by atoms with van der Waals surface area (Å²) in [6.07, 6.45) is 1.95. The zero-order valence-electron chi connectivity index (χ0n) is 7.84. The lowest BCUT2D eigenvalue weighted by molar-refractivity contribution is 0.322. The first-order valence-corrected chi connectivity index (χ1v) is 6.50. The topological polar surface area (TPSA) is 71.6 Å². The molecule has 0 radical (unpaired) electrons. The fourth-order valence-electron chi connectivity index (χ4n) is 1.01. The predicted octanol–water partition coefficient (Wildman–Crippen LogP) is 3.75. The van der Waals surface area contributed by atoms with Gasteiger partial charge in [0.25, 0.3) is 0 Å². The van der Waals surface area contributed by atoms with Gasteiger partial charge in [-0.3, -0.25) is 0 Å². The van der Waals surface area contributed by atoms with Gasteiger partial charge >= 0.3 is 7.82 Å². The lowest BCUT2D eigenvalue weighted by Crippen LogP contribution is -1.73. The molecular weight excluding hydrogens is 320 g/mol. The quantitative estimate of drug-likeness (QED) is 0.824. The van der Waals surface area contributed by atoms with Crippen molar-refractivity contribution in [1.29, 1.82) is 0 Å². The van der Waals surface area contributed by atoms with Crippen LogP contribution in [0.15, 0.2) is 36.5 Å². The first-order valence-electron chi connectivity index (χ1n) is 4.04. The Balaban J connectivity index is 0.000000168. The predicted molar refractivity (Wildman–Crippen MR) is 65.1 cm³/mol. The molecule has 0 aliphatic rings. The molecule has 2 rings (SSSR count). The number of phosphoric acid groups is 1. The van der Waals surface area contributed by atoms with Crippen molar-refractivity contribution in [1.82, 2.24) is 4.98 Å². The van der Waals surface area contributed by atoms with Gasteiger partial charge in [0.2, 0.25) is 0 Å². The monoisotopic (exact) mass is 327 g/mol. The summed E-state index contributed by atoms with van der Waals surface area (Å²) in [5.74, 6) is 0. The molecular formula is C8H8BrClNO4P. The van der Waals surface area contributed by atoms with Crippen LogP contribution in [0.25, 0.3) is 10.9 Å². The molecule has 5 nitrogen and oxygen atoms in total. The van der Waals surface area contributed by atoms with Gasteiger partial charge in [-0.15, -0.1) is 0 Å². The van der Waals surface area contributed by atoms with E-state index in [0.29, 0.717) is 0 Å². The zero-order chi connectivity index (χ0) is 12.0. The van der Waals surface area contributed by atoms with Crippen LogP contribution >= 0.6 is 35.9 Å². The van der Waals surface area contributed by atoms with E-state index in [1.807, 2.05) is 18.3 Å². The van der Waals surface area contributed by atoms with Crippen molar-refractivity contribution in [3.8, 4) is 0 Å². The Kier molecular flexibility index (Phi) is 5.48. The minimum atomic E-state index is -3.97. The molecule has 0 aliphatic carbocycles. The molecule has 0 fully saturated rings. The van der Waals surface area contributed by atoms with Crippen LogP contribution in [0.2, 0.25) is 0 Å². The number of aromatic nitrogens is 1. The number of hydrogen-bond acceptors (Lipinski definition) is 3. The first kappa shape index (κ1) is 13.7. The Hall–Kier alpha value is -0.360. The second-order valence-electron chi connectivity index (χ2n) is 2.67. The van der Waals surface area contributed by atoms with Crippen molar-refractivity contribution >= 4 is 46.9 Å². The van der Waals surface area contributed by atoms with Crippen LogP contribution in [0.1, 0.15) is 0 Å². The third-order valence-corrected chi connectivity index (χ3v) is 3.61. The molecule has 1 atom stereocenters. The summed E-state index contributed by atoms with van der Waals surface area (Å²) >= 11 is 6.63. The van der Waals surface area contributed by atoms with E-state index in [4.69, 9.17) is 4.89 Å². The molecule has 1 aromatic heterocycles. The lowest BCUT2D eigenvalue weighted by atomic mass is 10.3. The van der Waals surface area contributed by atoms with Crippen molar-refractivity contribution in [3.63, 3.8) is 0 Å². The summed E-state index contributed by atoms with van der Waals surface area (Å²) < 4.78 is 16.9. The van der Waals surface area contributed by atoms with Gasteiger partial charge in [-0.2, -0.15) is 4.08 Å². The Morgan fingerprint density at radius 2 is 2.06 bits per heavy atom. The van der Waals surface area contributed by atoms with Gasteiger partial charge in [0.15, 0.2) is 0 Å². The van der Waals surface area contributed by atoms with Gasteiger partial charge in [0, 0.05) is 11.7 Å². The van der Waals surface area contributed by atoms with Gasteiger partial charge < -0.3 is 9.88 Å². The summed E-state index contributed by atoms with van der Waals surface area (Å²) in [5, 5.41) is 1.28. The highest BCUT2D eigenvalue weighted by atomic mass is 79.9. The number of hydrogen-bond donors (Lipinski definition) is 2. The summed E-state index contributed by atoms with van der Waals surface area (Å²) in [4.78, 5) is 11.2. The summed E-state index contributed by atoms with van der Waals surface area (Å²) in [6, 6.07) is 10.3. The minimum absolute atomic E-state index is 1.21. The Morgan fingerprint density at radius 1 is 1.38 bits per heavy atom. The molecule has 2 N–H and O–H groups in total. The Labute approximate surface area is 106 Å². The molecule has 0 bridgehead atoms. The van der Waals surface area contributed by atoms with E-state index in [1.165, 1.54) is 10.9 Å². The lowest BCUT2D eigenvalue weighted by Gasteiger charge is -1.96. The highest BCUT2D eigenvalue weighted by Gasteiger charge is 2.18. The highest BCUT2D eigenvalue weighted by Crippen LogP contribution is 2.46. The summed E-state index contributed by atoms with van der Waals surface area (Å²) in [6.45, 7) is 0. The van der Waals surface area contributed by atoms with E-state index in [0.717, 1.165) is 0 Å². The molecule has 1 unspecified atom stereocenters. The Bertz CT molecular complexity index is 453. The maximum Gasteiger partial charge on any atom is 0.499 e. The van der Waals surface area contributed by atoms with E-state index in [9.17, 15) is 4.57 Å². The first-order chi connectivity index (χ1) is 7.59. The van der Waals surface area contributed by atoms with Crippen molar-refractivity contribution in [2.75, 3.05) is 0 Å². The molecule has 1 aromatic carbocycles. The van der Waals surface area contributed by atoms with Gasteiger partial charge in [-0.1, -0.05) is 18.2 Å². The number of halogens is 2. The Morgan fingerprint density at radius 3 is 2.56 bits per heavy atom. The summed E-state index contributed by atoms with van der Waals surface area (Å²) in [7, 11) is -3.97. The molecule has 88 valence electrons. The van der Waals surface area contributed by atoms with Gasteiger partial charge in [-0.05, 0) is 17.5 Å². The SMILES string of the molecule is O=P(O)(OCl)OBr.c1ccc2[nH]ccc2c1. The molecule has 0 aliphatic heterocycles. The van der Waals surface area contributed by atoms with E-state index < -0.39 is 7.82 Å². The summed E-state index contributed by atoms with van der Waals surface area (Å²) in [5.41, 5.74) is 1.21. The zero-order valence-corrected chi connectivity index (χ0v) is 11.1. The largest absolute Gasteiger partial charge is 0.499 e. The number of aromatic amines is 1. The number of fused-ring (bicyclic) bond motifs is 1. The van der Waals surface area contributed by atoms with Crippen LogP contribution in [0.4, 0.5) is 0 Å². The molecule has 1 heterocycles. The number of rotatable bonds is 2. The second-order valence-corrected chi connectivity index (χ2v) is 5.17. The number of H-pyrrole nitrogens is 1. The molecule has 0 amide bonds. The van der Waals surface area contributed by atoms with Gasteiger partial charge in [0.1, 0.15) is 16.3 Å². The maximum atomic E-state index is 9.88. The molecule has 0 saturated carbocycles. The molecule has 16 heavy (non-hydrogen) atoms. The fourth-order valence-corrected chi connectivity index (χ4v) is 1.49. The number of para-hydroxylation sites is 1. The van der Waals surface area contributed by atoms with E-state index in [1.54, 1.807) is 0 Å². The van der Waals surface area contributed by atoms with Crippen LogP contribution in [-0.4, -0.2) is 9.88 Å². The average Bonchev–Trinajstić information content (AvgIpc) is 2.78. The maximum absolute atomic E-state index is 9.88. The van der Waals surface area contributed by atoms with Crippen LogP contribution < -0.4 is 0 Å². The van der Waals surface area contributed by atoms with E-state index in [-0.39, 0.29) is 0 Å². The number of nitrogens with one attached hydrogen (secondary N) is 1. The van der Waals surface area contributed by atoms with Crippen molar-refractivity contribution in [3.05, 3.63) is 36.5 Å². The fraction of sp³-hybridized carbons (Fsp3) is 0. The third kappa shape index (κ3) is 4.25. The smallest absolute Gasteiger partial charge is 0.361 e. The van der Waals surface area contributed by atoms with Gasteiger partial charge in [0.05, 0.1) is 11.9 Å². The van der Waals surface area contributed by atoms with Crippen molar-refractivity contribution in [2.45, 2.75) is 0 Å². The van der Waals surface area contributed by atoms with Crippen LogP contribution in [0.3, 0.4) is 0 Å². The van der Waals surface area contributed by atoms with Crippen molar-refractivity contribution < 1.29 is 17.1 Å². The van der Waals surface area contributed by atoms with E-state index in [2.05, 4.69) is 59.0 Å². The van der Waals surface area contributed by atoms with Crippen molar-refractivity contribution in [2.24, 2.45) is 0 Å². The van der Waals surface area contributed by atoms with Crippen LogP contribution in [0, 0.1) is 0 Å². The average molecular weight is 328 g/mol. The van der Waals surface area contributed by atoms with Gasteiger partial charge in [-0.25, -0.2) is 8.18 Å².